The number of carbonyl (C=O) groups is 1. The van der Waals surface area contributed by atoms with Gasteiger partial charge in [0, 0.05) is 23.2 Å². The number of aldehydes is 1. The second kappa shape index (κ2) is 10.3. The second-order valence-corrected chi connectivity index (χ2v) is 9.09. The Balaban J connectivity index is 0.000000500. The fourth-order valence-electron chi connectivity index (χ4n) is 3.49. The first kappa shape index (κ1) is 22.7. The Labute approximate surface area is 172 Å². The van der Waals surface area contributed by atoms with Crippen LogP contribution in [0.5, 0.6) is 5.75 Å². The molecule has 0 aromatic heterocycles. The number of aromatic hydroxyl groups is 1. The summed E-state index contributed by atoms with van der Waals surface area (Å²) in [5.74, 6) is 1.53. The molecule has 2 aliphatic rings. The zero-order valence-corrected chi connectivity index (χ0v) is 18.2. The maximum Gasteiger partial charge on any atom is 0.129 e. The topological polar surface area (TPSA) is 49.3 Å². The Bertz CT molecular complexity index is 749. The first-order valence-electron chi connectivity index (χ1n) is 10.0. The van der Waals surface area contributed by atoms with Crippen molar-refractivity contribution < 1.29 is 14.3 Å². The SMILES string of the molecule is CC(C)(C=O)c1ccc(O)c(C2=CCCC(F)=C2C2CCC2)c1.CCSNC. The number of nitrogens with one attached hydrogen (secondary N) is 1. The lowest BCUT2D eigenvalue weighted by Gasteiger charge is -2.32. The van der Waals surface area contributed by atoms with Gasteiger partial charge in [0.1, 0.15) is 17.9 Å². The van der Waals surface area contributed by atoms with Crippen LogP contribution < -0.4 is 4.72 Å². The Hall–Kier alpha value is -1.59. The Kier molecular flexibility index (Phi) is 8.32. The smallest absolute Gasteiger partial charge is 0.129 e. The fraction of sp³-hybridized carbons (Fsp3) is 0.522. The monoisotopic (exact) mass is 405 g/mol. The van der Waals surface area contributed by atoms with Crippen molar-refractivity contribution in [3.63, 3.8) is 0 Å². The van der Waals surface area contributed by atoms with E-state index in [0.717, 1.165) is 48.0 Å². The molecule has 0 amide bonds. The standard InChI is InChI=1S/C20H23FO2.C3H9NS/c1-20(2,12-22)14-9-10-18(23)16(11-14)15-7-4-8-17(21)19(15)13-5-3-6-13;1-3-5-4-2/h7,9-13,23H,3-6,8H2,1-2H3;4H,3H2,1-2H3. The minimum absolute atomic E-state index is 0.0355. The molecule has 154 valence electrons. The normalized spacial score (nSPS) is 17.4. The summed E-state index contributed by atoms with van der Waals surface area (Å²) in [6, 6.07) is 5.22. The number of hydrogen-bond donors (Lipinski definition) is 2. The summed E-state index contributed by atoms with van der Waals surface area (Å²) in [4.78, 5) is 11.3. The maximum absolute atomic E-state index is 14.5. The van der Waals surface area contributed by atoms with Gasteiger partial charge in [-0.05, 0) is 74.9 Å². The molecule has 3 nitrogen and oxygen atoms in total. The molecular formula is C23H32FNO2S. The van der Waals surface area contributed by atoms with Crippen molar-refractivity contribution in [2.45, 2.75) is 58.3 Å². The third kappa shape index (κ3) is 5.26. The molecule has 0 bridgehead atoms. The van der Waals surface area contributed by atoms with Crippen LogP contribution in [0.3, 0.4) is 0 Å². The van der Waals surface area contributed by atoms with E-state index in [-0.39, 0.29) is 17.5 Å². The largest absolute Gasteiger partial charge is 0.507 e. The first-order valence-corrected chi connectivity index (χ1v) is 11.0. The van der Waals surface area contributed by atoms with Crippen LogP contribution in [0, 0.1) is 5.92 Å². The minimum Gasteiger partial charge on any atom is -0.507 e. The van der Waals surface area contributed by atoms with E-state index in [1.807, 2.05) is 33.0 Å². The van der Waals surface area contributed by atoms with Crippen LogP contribution in [0.4, 0.5) is 4.39 Å². The molecule has 3 rings (SSSR count). The third-order valence-electron chi connectivity index (χ3n) is 5.42. The summed E-state index contributed by atoms with van der Waals surface area (Å²) in [7, 11) is 1.92. The van der Waals surface area contributed by atoms with Crippen molar-refractivity contribution in [2.24, 2.45) is 5.92 Å². The molecule has 1 saturated carbocycles. The van der Waals surface area contributed by atoms with Crippen LogP contribution >= 0.6 is 11.9 Å². The summed E-state index contributed by atoms with van der Waals surface area (Å²) in [5.41, 5.74) is 2.45. The maximum atomic E-state index is 14.5. The highest BCUT2D eigenvalue weighted by Crippen LogP contribution is 2.47. The van der Waals surface area contributed by atoms with E-state index in [4.69, 9.17) is 0 Å². The number of rotatable bonds is 6. The van der Waals surface area contributed by atoms with Crippen molar-refractivity contribution in [1.29, 1.82) is 0 Å². The van der Waals surface area contributed by atoms with Gasteiger partial charge in [0.2, 0.25) is 0 Å². The lowest BCUT2D eigenvalue weighted by Crippen LogP contribution is -2.20. The molecule has 0 spiro atoms. The molecule has 5 heteroatoms. The van der Waals surface area contributed by atoms with Gasteiger partial charge in [-0.3, -0.25) is 4.72 Å². The molecule has 1 aromatic rings. The summed E-state index contributed by atoms with van der Waals surface area (Å²) >= 11 is 1.71. The molecule has 0 saturated heterocycles. The molecule has 28 heavy (non-hydrogen) atoms. The first-order chi connectivity index (χ1) is 13.4. The summed E-state index contributed by atoms with van der Waals surface area (Å²) in [6.45, 7) is 5.80. The second-order valence-electron chi connectivity index (χ2n) is 7.81. The Morgan fingerprint density at radius 3 is 2.57 bits per heavy atom. The van der Waals surface area contributed by atoms with Gasteiger partial charge in [-0.2, -0.15) is 0 Å². The van der Waals surface area contributed by atoms with Gasteiger partial charge in [0.25, 0.3) is 0 Å². The molecule has 0 radical (unpaired) electrons. The molecule has 1 fully saturated rings. The van der Waals surface area contributed by atoms with Crippen LogP contribution in [0.1, 0.15) is 64.0 Å². The number of phenols is 1. The molecular weight excluding hydrogens is 373 g/mol. The highest BCUT2D eigenvalue weighted by molar-refractivity contribution is 7.97. The number of benzene rings is 1. The minimum atomic E-state index is -0.628. The summed E-state index contributed by atoms with van der Waals surface area (Å²) in [5, 5.41) is 10.3. The van der Waals surface area contributed by atoms with E-state index < -0.39 is 5.41 Å². The van der Waals surface area contributed by atoms with Crippen molar-refractivity contribution >= 4 is 23.8 Å². The van der Waals surface area contributed by atoms with Crippen LogP contribution in [0.15, 0.2) is 35.7 Å². The number of hydrogen-bond acceptors (Lipinski definition) is 4. The predicted octanol–water partition coefficient (Wildman–Crippen LogP) is 5.94. The Morgan fingerprint density at radius 1 is 1.36 bits per heavy atom. The molecule has 0 atom stereocenters. The van der Waals surface area contributed by atoms with E-state index in [9.17, 15) is 14.3 Å². The van der Waals surface area contributed by atoms with Gasteiger partial charge in [-0.25, -0.2) is 4.39 Å². The quantitative estimate of drug-likeness (QED) is 0.454. The number of halogens is 1. The van der Waals surface area contributed by atoms with Gasteiger partial charge in [-0.1, -0.05) is 37.4 Å². The molecule has 0 heterocycles. The van der Waals surface area contributed by atoms with Crippen molar-refractivity contribution in [3.05, 3.63) is 46.8 Å². The average Bonchev–Trinajstić information content (AvgIpc) is 2.63. The molecule has 0 aliphatic heterocycles. The van der Waals surface area contributed by atoms with Gasteiger partial charge in [0.15, 0.2) is 0 Å². The zero-order chi connectivity index (χ0) is 20.7. The molecule has 2 aliphatic carbocycles. The van der Waals surface area contributed by atoms with Crippen LogP contribution in [0.25, 0.3) is 5.57 Å². The summed E-state index contributed by atoms with van der Waals surface area (Å²) < 4.78 is 17.4. The van der Waals surface area contributed by atoms with Crippen molar-refractivity contribution in [2.75, 3.05) is 12.8 Å². The number of allylic oxidation sites excluding steroid dienone is 4. The number of phenolic OH excluding ortho intramolecular Hbond substituents is 1. The van der Waals surface area contributed by atoms with Gasteiger partial charge in [-0.15, -0.1) is 0 Å². The lowest BCUT2D eigenvalue weighted by molar-refractivity contribution is -0.111. The van der Waals surface area contributed by atoms with E-state index in [0.29, 0.717) is 18.4 Å². The zero-order valence-electron chi connectivity index (χ0n) is 17.3. The predicted molar refractivity (Wildman–Crippen MR) is 117 cm³/mol. The van der Waals surface area contributed by atoms with Crippen LogP contribution in [0.2, 0.25) is 0 Å². The van der Waals surface area contributed by atoms with Gasteiger partial charge >= 0.3 is 0 Å². The lowest BCUT2D eigenvalue weighted by atomic mass is 9.72. The van der Waals surface area contributed by atoms with E-state index in [1.165, 1.54) is 0 Å². The summed E-state index contributed by atoms with van der Waals surface area (Å²) in [6.07, 6.45) is 7.21. The average molecular weight is 406 g/mol. The third-order valence-corrected chi connectivity index (χ3v) is 6.00. The van der Waals surface area contributed by atoms with Gasteiger partial charge < -0.3 is 9.90 Å². The Morgan fingerprint density at radius 2 is 2.07 bits per heavy atom. The van der Waals surface area contributed by atoms with Gasteiger partial charge in [0.05, 0.1) is 0 Å². The molecule has 2 N–H and O–H groups in total. The molecule has 0 unspecified atom stereocenters. The number of carbonyl (C=O) groups excluding carboxylic acids is 1. The molecule has 1 aromatic carbocycles. The van der Waals surface area contributed by atoms with Crippen LogP contribution in [-0.4, -0.2) is 24.2 Å². The van der Waals surface area contributed by atoms with E-state index in [2.05, 4.69) is 11.6 Å². The van der Waals surface area contributed by atoms with E-state index in [1.54, 1.807) is 24.1 Å². The van der Waals surface area contributed by atoms with Crippen LogP contribution in [-0.2, 0) is 10.2 Å². The highest BCUT2D eigenvalue weighted by Gasteiger charge is 2.31. The van der Waals surface area contributed by atoms with E-state index >= 15 is 0 Å². The highest BCUT2D eigenvalue weighted by atomic mass is 32.2. The fourth-order valence-corrected chi connectivity index (χ4v) is 3.78. The van der Waals surface area contributed by atoms with Crippen molar-refractivity contribution in [3.8, 4) is 5.75 Å². The van der Waals surface area contributed by atoms with Crippen molar-refractivity contribution in [1.82, 2.24) is 4.72 Å².